The molecule has 0 unspecified atom stereocenters. The Labute approximate surface area is 198 Å². The van der Waals surface area contributed by atoms with Crippen molar-refractivity contribution in [1.29, 1.82) is 0 Å². The molecule has 0 radical (unpaired) electrons. The van der Waals surface area contributed by atoms with Gasteiger partial charge in [-0.3, -0.25) is 4.79 Å². The van der Waals surface area contributed by atoms with E-state index < -0.39 is 0 Å². The van der Waals surface area contributed by atoms with Crippen LogP contribution < -0.4 is 20.1 Å². The zero-order valence-electron chi connectivity index (χ0n) is 19.0. The Morgan fingerprint density at radius 1 is 0.970 bits per heavy atom. The Bertz CT molecular complexity index is 1220. The molecule has 0 aliphatic carbocycles. The summed E-state index contributed by atoms with van der Waals surface area (Å²) < 4.78 is 10.9. The fraction of sp³-hybridized carbons (Fsp3) is 0.192. The zero-order chi connectivity index (χ0) is 23.5. The minimum atomic E-state index is -0.200. The molecule has 3 aromatic carbocycles. The standard InChI is InChI=1S/C26H26ClN3O3/c1-30(2)15-16-5-9-19(10-6-16)28-25(17-7-12-22(32-3)23(13-17)33-4)24-20-11-8-18(27)14-21(20)29-26(24)31/h5-14,28H,15H2,1-4H3,(H,29,31). The summed E-state index contributed by atoms with van der Waals surface area (Å²) >= 11 is 6.15. The summed E-state index contributed by atoms with van der Waals surface area (Å²) in [5, 5.41) is 6.95. The third-order valence-corrected chi connectivity index (χ3v) is 5.61. The predicted octanol–water partition coefficient (Wildman–Crippen LogP) is 5.35. The Hall–Kier alpha value is -3.48. The zero-order valence-corrected chi connectivity index (χ0v) is 19.8. The number of carbonyl (C=O) groups excluding carboxylic acids is 1. The lowest BCUT2D eigenvalue weighted by Crippen LogP contribution is -2.11. The number of anilines is 2. The number of benzene rings is 3. The lowest BCUT2D eigenvalue weighted by molar-refractivity contribution is -0.110. The summed E-state index contributed by atoms with van der Waals surface area (Å²) in [6.07, 6.45) is 0. The van der Waals surface area contributed by atoms with E-state index in [0.29, 0.717) is 33.5 Å². The van der Waals surface area contributed by atoms with Crippen molar-refractivity contribution in [3.63, 3.8) is 0 Å². The molecule has 0 saturated carbocycles. The van der Waals surface area contributed by atoms with Crippen molar-refractivity contribution >= 4 is 40.2 Å². The third kappa shape index (κ3) is 4.82. The summed E-state index contributed by atoms with van der Waals surface area (Å²) in [6.45, 7) is 0.848. The molecule has 1 aliphatic rings. The van der Waals surface area contributed by atoms with Gasteiger partial charge in [-0.1, -0.05) is 29.8 Å². The van der Waals surface area contributed by atoms with E-state index in [0.717, 1.165) is 23.4 Å². The first-order valence-corrected chi connectivity index (χ1v) is 10.9. The highest BCUT2D eigenvalue weighted by Gasteiger charge is 2.29. The van der Waals surface area contributed by atoms with E-state index in [1.807, 2.05) is 50.5 Å². The topological polar surface area (TPSA) is 62.8 Å². The first kappa shape index (κ1) is 22.7. The molecular weight excluding hydrogens is 438 g/mol. The molecule has 0 aromatic heterocycles. The molecule has 0 atom stereocenters. The highest BCUT2D eigenvalue weighted by Crippen LogP contribution is 2.40. The molecule has 3 aromatic rings. The first-order chi connectivity index (χ1) is 15.9. The monoisotopic (exact) mass is 463 g/mol. The fourth-order valence-electron chi connectivity index (χ4n) is 3.87. The second-order valence-electron chi connectivity index (χ2n) is 8.02. The third-order valence-electron chi connectivity index (χ3n) is 5.37. The maximum absolute atomic E-state index is 13.1. The summed E-state index contributed by atoms with van der Waals surface area (Å²) in [7, 11) is 7.25. The van der Waals surface area contributed by atoms with Gasteiger partial charge in [-0.2, -0.15) is 0 Å². The number of hydrogen-bond acceptors (Lipinski definition) is 5. The van der Waals surface area contributed by atoms with Crippen molar-refractivity contribution in [2.45, 2.75) is 6.54 Å². The Balaban J connectivity index is 1.84. The number of ether oxygens (including phenoxy) is 2. The quantitative estimate of drug-likeness (QED) is 0.462. The van der Waals surface area contributed by atoms with Crippen molar-refractivity contribution in [2.24, 2.45) is 0 Å². The molecule has 2 N–H and O–H groups in total. The van der Waals surface area contributed by atoms with E-state index in [2.05, 4.69) is 27.7 Å². The fourth-order valence-corrected chi connectivity index (χ4v) is 4.04. The molecule has 0 bridgehead atoms. The van der Waals surface area contributed by atoms with Gasteiger partial charge in [0.25, 0.3) is 5.91 Å². The molecule has 1 heterocycles. The molecule has 33 heavy (non-hydrogen) atoms. The van der Waals surface area contributed by atoms with Crippen LogP contribution in [0.4, 0.5) is 11.4 Å². The van der Waals surface area contributed by atoms with E-state index >= 15 is 0 Å². The average molecular weight is 464 g/mol. The van der Waals surface area contributed by atoms with Crippen LogP contribution in [0, 0.1) is 0 Å². The van der Waals surface area contributed by atoms with Gasteiger partial charge in [0.05, 0.1) is 31.2 Å². The van der Waals surface area contributed by atoms with Gasteiger partial charge in [0.15, 0.2) is 11.5 Å². The van der Waals surface area contributed by atoms with Gasteiger partial charge in [0, 0.05) is 28.4 Å². The van der Waals surface area contributed by atoms with Crippen LogP contribution in [0.1, 0.15) is 16.7 Å². The number of hydrogen-bond donors (Lipinski definition) is 2. The van der Waals surface area contributed by atoms with Crippen molar-refractivity contribution in [3.8, 4) is 11.5 Å². The van der Waals surface area contributed by atoms with Gasteiger partial charge in [0.1, 0.15) is 0 Å². The summed E-state index contributed by atoms with van der Waals surface area (Å²) in [5.74, 6) is 0.987. The number of nitrogens with one attached hydrogen (secondary N) is 2. The molecule has 1 amide bonds. The Morgan fingerprint density at radius 2 is 1.70 bits per heavy atom. The average Bonchev–Trinajstić information content (AvgIpc) is 3.12. The molecule has 170 valence electrons. The first-order valence-electron chi connectivity index (χ1n) is 10.5. The van der Waals surface area contributed by atoms with E-state index in [9.17, 15) is 4.79 Å². The molecule has 0 spiro atoms. The maximum Gasteiger partial charge on any atom is 0.258 e. The Kier molecular flexibility index (Phi) is 6.58. The summed E-state index contributed by atoms with van der Waals surface area (Å²) in [6, 6.07) is 19.1. The molecule has 0 saturated heterocycles. The van der Waals surface area contributed by atoms with Gasteiger partial charge in [-0.25, -0.2) is 0 Å². The van der Waals surface area contributed by atoms with Crippen LogP contribution in [0.25, 0.3) is 11.3 Å². The van der Waals surface area contributed by atoms with Gasteiger partial charge in [-0.05, 0) is 62.1 Å². The number of carbonyl (C=O) groups is 1. The van der Waals surface area contributed by atoms with Crippen LogP contribution in [0.5, 0.6) is 11.5 Å². The van der Waals surface area contributed by atoms with E-state index in [1.165, 1.54) is 5.56 Å². The van der Waals surface area contributed by atoms with Crippen molar-refractivity contribution in [1.82, 2.24) is 4.90 Å². The van der Waals surface area contributed by atoms with Crippen LogP contribution in [0.3, 0.4) is 0 Å². The van der Waals surface area contributed by atoms with Gasteiger partial charge in [0.2, 0.25) is 0 Å². The maximum atomic E-state index is 13.1. The summed E-state index contributed by atoms with van der Waals surface area (Å²) in [4.78, 5) is 15.2. The number of amides is 1. The van der Waals surface area contributed by atoms with Crippen LogP contribution in [0.2, 0.25) is 5.02 Å². The number of fused-ring (bicyclic) bond motifs is 1. The van der Waals surface area contributed by atoms with Crippen LogP contribution in [-0.2, 0) is 11.3 Å². The highest BCUT2D eigenvalue weighted by molar-refractivity contribution is 6.38. The van der Waals surface area contributed by atoms with E-state index in [-0.39, 0.29) is 5.91 Å². The van der Waals surface area contributed by atoms with Crippen LogP contribution in [-0.4, -0.2) is 39.1 Å². The number of nitrogens with zero attached hydrogens (tertiary/aromatic N) is 1. The number of rotatable bonds is 7. The van der Waals surface area contributed by atoms with Crippen molar-refractivity contribution in [3.05, 3.63) is 82.4 Å². The molecule has 4 rings (SSSR count). The SMILES string of the molecule is COc1ccc(C(Nc2ccc(CN(C)C)cc2)=C2C(=O)Nc3cc(Cl)ccc32)cc1OC. The second kappa shape index (κ2) is 9.57. The van der Waals surface area contributed by atoms with Crippen molar-refractivity contribution < 1.29 is 14.3 Å². The molecule has 1 aliphatic heterocycles. The number of methoxy groups -OCH3 is 2. The largest absolute Gasteiger partial charge is 0.493 e. The van der Waals surface area contributed by atoms with Gasteiger partial charge < -0.3 is 25.0 Å². The molecule has 0 fully saturated rings. The van der Waals surface area contributed by atoms with Crippen LogP contribution >= 0.6 is 11.6 Å². The predicted molar refractivity (Wildman–Crippen MR) is 134 cm³/mol. The smallest absolute Gasteiger partial charge is 0.258 e. The van der Waals surface area contributed by atoms with Crippen molar-refractivity contribution in [2.75, 3.05) is 38.9 Å². The van der Waals surface area contributed by atoms with Gasteiger partial charge in [-0.15, -0.1) is 0 Å². The lowest BCUT2D eigenvalue weighted by Gasteiger charge is -2.17. The van der Waals surface area contributed by atoms with E-state index in [1.54, 1.807) is 26.4 Å². The second-order valence-corrected chi connectivity index (χ2v) is 8.46. The lowest BCUT2D eigenvalue weighted by atomic mass is 9.99. The molecule has 6 nitrogen and oxygen atoms in total. The van der Waals surface area contributed by atoms with E-state index in [4.69, 9.17) is 21.1 Å². The van der Waals surface area contributed by atoms with Crippen LogP contribution in [0.15, 0.2) is 60.7 Å². The van der Waals surface area contributed by atoms with Gasteiger partial charge >= 0.3 is 0 Å². The Morgan fingerprint density at radius 3 is 2.36 bits per heavy atom. The molecule has 7 heteroatoms. The number of halogens is 1. The summed E-state index contributed by atoms with van der Waals surface area (Å²) in [5.41, 5.74) is 5.52. The molecular formula is C26H26ClN3O3. The minimum absolute atomic E-state index is 0.200. The normalized spacial score (nSPS) is 14.1. The highest BCUT2D eigenvalue weighted by atomic mass is 35.5. The minimum Gasteiger partial charge on any atom is -0.493 e.